The summed E-state index contributed by atoms with van der Waals surface area (Å²) >= 11 is 6.04. The van der Waals surface area contributed by atoms with Gasteiger partial charge in [0.1, 0.15) is 5.82 Å². The third-order valence-corrected chi connectivity index (χ3v) is 6.84. The van der Waals surface area contributed by atoms with Crippen LogP contribution in [0.5, 0.6) is 0 Å². The van der Waals surface area contributed by atoms with Gasteiger partial charge in [-0.1, -0.05) is 25.4 Å². The molecule has 0 radical (unpaired) electrons. The van der Waals surface area contributed by atoms with Gasteiger partial charge in [0, 0.05) is 13.1 Å². The molecule has 31 heavy (non-hydrogen) atoms. The molecule has 7 nitrogen and oxygen atoms in total. The van der Waals surface area contributed by atoms with Crippen LogP contribution in [-0.4, -0.2) is 40.0 Å². The largest absolute Gasteiger partial charge is 0.452 e. The first-order valence-corrected chi connectivity index (χ1v) is 11.3. The van der Waals surface area contributed by atoms with E-state index in [1.807, 2.05) is 20.8 Å². The summed E-state index contributed by atoms with van der Waals surface area (Å²) in [6.07, 6.45) is 0. The second-order valence-corrected chi connectivity index (χ2v) is 9.64. The molecular formula is C21H24ClFN2O5S. The second kappa shape index (κ2) is 10.1. The van der Waals surface area contributed by atoms with Gasteiger partial charge in [-0.15, -0.1) is 0 Å². The molecule has 1 atom stereocenters. The maximum atomic E-state index is 13.1. The van der Waals surface area contributed by atoms with Crippen LogP contribution in [0.1, 0.15) is 31.1 Å². The van der Waals surface area contributed by atoms with E-state index in [9.17, 15) is 22.4 Å². The molecule has 0 spiro atoms. The van der Waals surface area contributed by atoms with Gasteiger partial charge in [0.15, 0.2) is 6.61 Å². The molecule has 0 bridgehead atoms. The summed E-state index contributed by atoms with van der Waals surface area (Å²) in [7, 11) is -2.77. The number of halogens is 2. The van der Waals surface area contributed by atoms with Crippen molar-refractivity contribution in [2.75, 3.05) is 18.0 Å². The standard InChI is InChI=1S/C21H24ClFN2O5S/c1-13(2)14(3)24-20(26)12-30-21(27)18-11-17(9-10-19(18)22)31(28,29)25(4)16-7-5-15(23)6-8-16/h5-11,13-14H,12H2,1-4H3,(H,24,26)/t14-/m1/s1. The average Bonchev–Trinajstić information content (AvgIpc) is 2.72. The van der Waals surface area contributed by atoms with Crippen molar-refractivity contribution in [2.24, 2.45) is 5.92 Å². The van der Waals surface area contributed by atoms with Crippen molar-refractivity contribution in [1.29, 1.82) is 0 Å². The molecule has 1 N–H and O–H groups in total. The summed E-state index contributed by atoms with van der Waals surface area (Å²) in [6, 6.07) is 8.37. The molecule has 0 aliphatic carbocycles. The lowest BCUT2D eigenvalue weighted by Gasteiger charge is -2.20. The first kappa shape index (κ1) is 24.6. The number of carbonyl (C=O) groups excluding carboxylic acids is 2. The number of ether oxygens (including phenoxy) is 1. The minimum atomic E-state index is -4.07. The van der Waals surface area contributed by atoms with E-state index in [0.29, 0.717) is 0 Å². The van der Waals surface area contributed by atoms with Crippen LogP contribution in [-0.2, 0) is 19.6 Å². The van der Waals surface area contributed by atoms with Gasteiger partial charge in [-0.3, -0.25) is 9.10 Å². The predicted molar refractivity (Wildman–Crippen MR) is 116 cm³/mol. The SMILES string of the molecule is CC(C)[C@@H](C)NC(=O)COC(=O)c1cc(S(=O)(=O)N(C)c2ccc(F)cc2)ccc1Cl. The van der Waals surface area contributed by atoms with Crippen molar-refractivity contribution in [2.45, 2.75) is 31.7 Å². The molecule has 2 aromatic carbocycles. The Bertz CT molecular complexity index is 1060. The number of hydrogen-bond acceptors (Lipinski definition) is 5. The third-order valence-electron chi connectivity index (χ3n) is 4.73. The summed E-state index contributed by atoms with van der Waals surface area (Å²) in [5.41, 5.74) is 0.0383. The summed E-state index contributed by atoms with van der Waals surface area (Å²) in [5, 5.41) is 2.67. The number of benzene rings is 2. The van der Waals surface area contributed by atoms with Crippen molar-refractivity contribution in [3.63, 3.8) is 0 Å². The van der Waals surface area contributed by atoms with Crippen LogP contribution in [0, 0.1) is 11.7 Å². The minimum Gasteiger partial charge on any atom is -0.452 e. The highest BCUT2D eigenvalue weighted by Gasteiger charge is 2.24. The van der Waals surface area contributed by atoms with E-state index < -0.39 is 34.3 Å². The van der Waals surface area contributed by atoms with Gasteiger partial charge in [0.2, 0.25) is 0 Å². The van der Waals surface area contributed by atoms with Crippen LogP contribution in [0.4, 0.5) is 10.1 Å². The molecule has 0 unspecified atom stereocenters. The molecule has 0 aliphatic heterocycles. The molecule has 168 valence electrons. The number of amides is 1. The van der Waals surface area contributed by atoms with Crippen molar-refractivity contribution >= 4 is 39.2 Å². The van der Waals surface area contributed by atoms with E-state index in [2.05, 4.69) is 5.32 Å². The van der Waals surface area contributed by atoms with Gasteiger partial charge in [0.25, 0.3) is 15.9 Å². The predicted octanol–water partition coefficient (Wildman–Crippen LogP) is 3.62. The molecular weight excluding hydrogens is 447 g/mol. The highest BCUT2D eigenvalue weighted by molar-refractivity contribution is 7.92. The number of hydrogen-bond donors (Lipinski definition) is 1. The van der Waals surface area contributed by atoms with Crippen LogP contribution in [0.3, 0.4) is 0 Å². The number of sulfonamides is 1. The zero-order valence-electron chi connectivity index (χ0n) is 17.6. The minimum absolute atomic E-state index is 0.0238. The molecule has 1 amide bonds. The Morgan fingerprint density at radius 3 is 2.32 bits per heavy atom. The number of rotatable bonds is 8. The Kier molecular flexibility index (Phi) is 8.02. The maximum Gasteiger partial charge on any atom is 0.340 e. The summed E-state index contributed by atoms with van der Waals surface area (Å²) in [5.74, 6) is -1.71. The number of carbonyl (C=O) groups is 2. The van der Waals surface area contributed by atoms with Gasteiger partial charge >= 0.3 is 5.97 Å². The van der Waals surface area contributed by atoms with E-state index >= 15 is 0 Å². The summed E-state index contributed by atoms with van der Waals surface area (Å²) in [6.45, 7) is 5.17. The Labute approximate surface area is 186 Å². The lowest BCUT2D eigenvalue weighted by Crippen LogP contribution is -2.38. The first-order valence-electron chi connectivity index (χ1n) is 9.44. The zero-order chi connectivity index (χ0) is 23.3. The summed E-state index contributed by atoms with van der Waals surface area (Å²) in [4.78, 5) is 24.1. The lowest BCUT2D eigenvalue weighted by atomic mass is 10.1. The van der Waals surface area contributed by atoms with E-state index in [1.54, 1.807) is 0 Å². The number of esters is 1. The van der Waals surface area contributed by atoms with E-state index in [1.165, 1.54) is 31.3 Å². The van der Waals surface area contributed by atoms with Gasteiger partial charge < -0.3 is 10.1 Å². The molecule has 0 fully saturated rings. The van der Waals surface area contributed by atoms with Crippen molar-refractivity contribution in [3.05, 3.63) is 58.9 Å². The molecule has 0 heterocycles. The highest BCUT2D eigenvalue weighted by atomic mass is 35.5. The maximum absolute atomic E-state index is 13.1. The zero-order valence-corrected chi connectivity index (χ0v) is 19.1. The first-order chi connectivity index (χ1) is 14.4. The van der Waals surface area contributed by atoms with Crippen LogP contribution < -0.4 is 9.62 Å². The summed E-state index contributed by atoms with van der Waals surface area (Å²) < 4.78 is 44.9. The van der Waals surface area contributed by atoms with Crippen LogP contribution in [0.2, 0.25) is 5.02 Å². The molecule has 0 saturated carbocycles. The Morgan fingerprint density at radius 1 is 1.13 bits per heavy atom. The van der Waals surface area contributed by atoms with Gasteiger partial charge in [-0.25, -0.2) is 17.6 Å². The van der Waals surface area contributed by atoms with Crippen LogP contribution >= 0.6 is 11.6 Å². The van der Waals surface area contributed by atoms with Crippen molar-refractivity contribution in [1.82, 2.24) is 5.32 Å². The molecule has 10 heteroatoms. The Balaban J connectivity index is 2.19. The van der Waals surface area contributed by atoms with Gasteiger partial charge in [-0.2, -0.15) is 0 Å². The van der Waals surface area contributed by atoms with E-state index in [-0.39, 0.29) is 33.1 Å². The van der Waals surface area contributed by atoms with Gasteiger partial charge in [-0.05, 0) is 55.3 Å². The normalized spacial score (nSPS) is 12.4. The lowest BCUT2D eigenvalue weighted by molar-refractivity contribution is -0.125. The Morgan fingerprint density at radius 2 is 1.74 bits per heavy atom. The smallest absolute Gasteiger partial charge is 0.340 e. The molecule has 0 aromatic heterocycles. The molecule has 0 aliphatic rings. The van der Waals surface area contributed by atoms with E-state index in [4.69, 9.17) is 16.3 Å². The molecule has 2 rings (SSSR count). The highest BCUT2D eigenvalue weighted by Crippen LogP contribution is 2.26. The van der Waals surface area contributed by atoms with Crippen LogP contribution in [0.25, 0.3) is 0 Å². The second-order valence-electron chi connectivity index (χ2n) is 7.27. The Hall–Kier alpha value is -2.65. The molecule has 0 saturated heterocycles. The van der Waals surface area contributed by atoms with Gasteiger partial charge in [0.05, 0.1) is 21.2 Å². The molecule has 2 aromatic rings. The average molecular weight is 471 g/mol. The number of nitrogens with zero attached hydrogens (tertiary/aromatic N) is 1. The fourth-order valence-corrected chi connectivity index (χ4v) is 3.86. The van der Waals surface area contributed by atoms with E-state index in [0.717, 1.165) is 22.5 Å². The number of nitrogens with one attached hydrogen (secondary N) is 1. The fourth-order valence-electron chi connectivity index (χ4n) is 2.44. The topological polar surface area (TPSA) is 92.8 Å². The number of anilines is 1. The van der Waals surface area contributed by atoms with Crippen LogP contribution in [0.15, 0.2) is 47.4 Å². The third kappa shape index (κ3) is 6.18. The van der Waals surface area contributed by atoms with Crippen molar-refractivity contribution in [3.8, 4) is 0 Å². The fraction of sp³-hybridized carbons (Fsp3) is 0.333. The quantitative estimate of drug-likeness (QED) is 0.595. The monoisotopic (exact) mass is 470 g/mol. The van der Waals surface area contributed by atoms with Crippen molar-refractivity contribution < 1.29 is 27.1 Å².